The van der Waals surface area contributed by atoms with Crippen molar-refractivity contribution in [3.8, 4) is 6.07 Å². The van der Waals surface area contributed by atoms with Crippen LogP contribution in [0.5, 0.6) is 0 Å². The number of ether oxygens (including phenoxy) is 2. The summed E-state index contributed by atoms with van der Waals surface area (Å²) in [5.74, 6) is 0.227. The van der Waals surface area contributed by atoms with Gasteiger partial charge in [0.05, 0.1) is 37.1 Å². The predicted molar refractivity (Wildman–Crippen MR) is 125 cm³/mol. The molecule has 1 unspecified atom stereocenters. The summed E-state index contributed by atoms with van der Waals surface area (Å²) in [6, 6.07) is 16.9. The SMILES string of the molecule is Cc1cccc(CO[C@]2(C(=O)NCC3CC3)CC(OCc3ccc(C#N)cc3)[C@H](O)[C@H](O)C2)c1. The van der Waals surface area contributed by atoms with Crippen molar-refractivity contribution in [1.29, 1.82) is 5.26 Å². The summed E-state index contributed by atoms with van der Waals surface area (Å²) >= 11 is 0. The number of nitrogens with one attached hydrogen (secondary N) is 1. The zero-order valence-electron chi connectivity index (χ0n) is 19.4. The fourth-order valence-corrected chi connectivity index (χ4v) is 4.38. The Morgan fingerprint density at radius 3 is 2.56 bits per heavy atom. The Morgan fingerprint density at radius 1 is 1.12 bits per heavy atom. The van der Waals surface area contributed by atoms with E-state index in [4.69, 9.17) is 14.7 Å². The fourth-order valence-electron chi connectivity index (χ4n) is 4.38. The van der Waals surface area contributed by atoms with Crippen LogP contribution in [0.15, 0.2) is 48.5 Å². The van der Waals surface area contributed by atoms with Crippen LogP contribution in [0.2, 0.25) is 0 Å². The first-order valence-corrected chi connectivity index (χ1v) is 11.8. The summed E-state index contributed by atoms with van der Waals surface area (Å²) in [5, 5.41) is 33.3. The lowest BCUT2D eigenvalue weighted by molar-refractivity contribution is -0.200. The molecule has 3 N–H and O–H groups in total. The van der Waals surface area contributed by atoms with Gasteiger partial charge in [-0.2, -0.15) is 5.26 Å². The second kappa shape index (κ2) is 10.7. The number of benzene rings is 2. The summed E-state index contributed by atoms with van der Waals surface area (Å²) in [5.41, 5.74) is 2.09. The Hall–Kier alpha value is -2.76. The average Bonchev–Trinajstić information content (AvgIpc) is 3.67. The summed E-state index contributed by atoms with van der Waals surface area (Å²) in [6.45, 7) is 2.97. The number of nitriles is 1. The van der Waals surface area contributed by atoms with Crippen LogP contribution in [-0.2, 0) is 27.5 Å². The van der Waals surface area contributed by atoms with Crippen molar-refractivity contribution in [1.82, 2.24) is 5.32 Å². The van der Waals surface area contributed by atoms with E-state index in [9.17, 15) is 15.0 Å². The molecule has 0 spiro atoms. The van der Waals surface area contributed by atoms with Crippen LogP contribution >= 0.6 is 0 Å². The highest BCUT2D eigenvalue weighted by atomic mass is 16.5. The quantitative estimate of drug-likeness (QED) is 0.526. The van der Waals surface area contributed by atoms with Gasteiger partial charge in [-0.05, 0) is 48.9 Å². The Morgan fingerprint density at radius 2 is 1.88 bits per heavy atom. The topological polar surface area (TPSA) is 112 Å². The molecular weight excluding hydrogens is 432 g/mol. The molecule has 2 aromatic rings. The molecular formula is C27H32N2O5. The van der Waals surface area contributed by atoms with Crippen LogP contribution in [0.4, 0.5) is 0 Å². The van der Waals surface area contributed by atoms with E-state index < -0.39 is 23.9 Å². The number of hydrogen-bond donors (Lipinski definition) is 3. The third kappa shape index (κ3) is 6.02. The first-order chi connectivity index (χ1) is 16.4. The first-order valence-electron chi connectivity index (χ1n) is 11.8. The largest absolute Gasteiger partial charge is 0.390 e. The molecule has 7 heteroatoms. The molecule has 0 saturated heterocycles. The van der Waals surface area contributed by atoms with Gasteiger partial charge in [0.15, 0.2) is 5.60 Å². The van der Waals surface area contributed by atoms with Crippen molar-refractivity contribution in [2.75, 3.05) is 6.54 Å². The van der Waals surface area contributed by atoms with E-state index in [1.165, 1.54) is 0 Å². The smallest absolute Gasteiger partial charge is 0.252 e. The van der Waals surface area contributed by atoms with E-state index in [0.717, 1.165) is 29.5 Å². The highest BCUT2D eigenvalue weighted by molar-refractivity contribution is 5.85. The number of carbonyl (C=O) groups is 1. The van der Waals surface area contributed by atoms with Crippen LogP contribution < -0.4 is 5.32 Å². The molecule has 0 aliphatic heterocycles. The molecule has 2 saturated carbocycles. The predicted octanol–water partition coefficient (Wildman–Crippen LogP) is 2.75. The van der Waals surface area contributed by atoms with Gasteiger partial charge in [-0.3, -0.25) is 4.79 Å². The molecule has 2 aliphatic rings. The molecule has 0 aromatic heterocycles. The normalized spacial score (nSPS) is 26.6. The maximum atomic E-state index is 13.4. The van der Waals surface area contributed by atoms with Gasteiger partial charge in [0.2, 0.25) is 0 Å². The number of amides is 1. The summed E-state index contributed by atoms with van der Waals surface area (Å²) in [7, 11) is 0. The maximum Gasteiger partial charge on any atom is 0.252 e. The number of aryl methyl sites for hydroxylation is 1. The van der Waals surface area contributed by atoms with Gasteiger partial charge in [0.25, 0.3) is 5.91 Å². The molecule has 1 amide bonds. The molecule has 0 radical (unpaired) electrons. The van der Waals surface area contributed by atoms with E-state index >= 15 is 0 Å². The summed E-state index contributed by atoms with van der Waals surface area (Å²) in [4.78, 5) is 13.4. The number of nitrogens with zero attached hydrogens (tertiary/aromatic N) is 1. The number of carbonyl (C=O) groups excluding carboxylic acids is 1. The third-order valence-electron chi connectivity index (χ3n) is 6.65. The highest BCUT2D eigenvalue weighted by Crippen LogP contribution is 2.36. The Kier molecular flexibility index (Phi) is 7.64. The minimum Gasteiger partial charge on any atom is -0.390 e. The Balaban J connectivity index is 1.50. The number of aliphatic hydroxyl groups excluding tert-OH is 2. The number of rotatable bonds is 9. The van der Waals surface area contributed by atoms with Crippen molar-refractivity contribution in [2.24, 2.45) is 5.92 Å². The van der Waals surface area contributed by atoms with Crippen molar-refractivity contribution in [3.05, 3.63) is 70.8 Å². The van der Waals surface area contributed by atoms with Crippen molar-refractivity contribution in [3.63, 3.8) is 0 Å². The van der Waals surface area contributed by atoms with Crippen LogP contribution in [-0.4, -0.2) is 46.6 Å². The van der Waals surface area contributed by atoms with Gasteiger partial charge in [-0.1, -0.05) is 42.0 Å². The van der Waals surface area contributed by atoms with E-state index in [-0.39, 0.29) is 32.0 Å². The number of aliphatic hydroxyl groups is 2. The van der Waals surface area contributed by atoms with Crippen LogP contribution in [0, 0.1) is 24.2 Å². The molecule has 34 heavy (non-hydrogen) atoms. The lowest BCUT2D eigenvalue weighted by Crippen LogP contribution is -2.60. The standard InChI is InChI=1S/C27H32N2O5/c1-18-3-2-4-22(11-18)17-34-27(26(32)29-15-20-7-8-20)12-23(30)25(31)24(13-27)33-16-21-9-5-19(14-28)6-10-21/h2-6,9-11,20,23-25,30-31H,7-8,12-13,15-17H2,1H3,(H,29,32)/t23-,24?,25-,27+/m1/s1. The molecule has 4 rings (SSSR count). The molecule has 180 valence electrons. The first kappa shape index (κ1) is 24.4. The third-order valence-corrected chi connectivity index (χ3v) is 6.65. The van der Waals surface area contributed by atoms with E-state index in [1.54, 1.807) is 24.3 Å². The van der Waals surface area contributed by atoms with Gasteiger partial charge in [0, 0.05) is 19.4 Å². The molecule has 2 aliphatic carbocycles. The van der Waals surface area contributed by atoms with Gasteiger partial charge in [0.1, 0.15) is 6.10 Å². The average molecular weight is 465 g/mol. The Labute approximate surface area is 200 Å². The van der Waals surface area contributed by atoms with Gasteiger partial charge >= 0.3 is 0 Å². The number of hydrogen-bond acceptors (Lipinski definition) is 6. The lowest BCUT2D eigenvalue weighted by atomic mass is 9.78. The zero-order valence-corrected chi connectivity index (χ0v) is 19.4. The lowest BCUT2D eigenvalue weighted by Gasteiger charge is -2.44. The van der Waals surface area contributed by atoms with Gasteiger partial charge < -0.3 is 25.0 Å². The van der Waals surface area contributed by atoms with Crippen LogP contribution in [0.25, 0.3) is 0 Å². The Bertz CT molecular complexity index is 1030. The van der Waals surface area contributed by atoms with E-state index in [1.807, 2.05) is 31.2 Å². The molecule has 2 fully saturated rings. The minimum absolute atomic E-state index is 0.00674. The van der Waals surface area contributed by atoms with Crippen molar-refractivity contribution in [2.45, 2.75) is 69.7 Å². The molecule has 7 nitrogen and oxygen atoms in total. The highest BCUT2D eigenvalue weighted by Gasteiger charge is 2.51. The second-order valence-corrected chi connectivity index (χ2v) is 9.55. The minimum atomic E-state index is -1.31. The second-order valence-electron chi connectivity index (χ2n) is 9.55. The zero-order chi connectivity index (χ0) is 24.1. The van der Waals surface area contributed by atoms with Crippen molar-refractivity contribution < 1.29 is 24.5 Å². The monoisotopic (exact) mass is 464 g/mol. The van der Waals surface area contributed by atoms with E-state index in [0.29, 0.717) is 18.0 Å². The molecule has 0 heterocycles. The van der Waals surface area contributed by atoms with Crippen molar-refractivity contribution >= 4 is 5.91 Å². The molecule has 4 atom stereocenters. The molecule has 0 bridgehead atoms. The maximum absolute atomic E-state index is 13.4. The van der Waals surface area contributed by atoms with E-state index in [2.05, 4.69) is 11.4 Å². The van der Waals surface area contributed by atoms with Crippen LogP contribution in [0.1, 0.15) is 47.9 Å². The summed E-state index contributed by atoms with van der Waals surface area (Å²) < 4.78 is 12.2. The fraction of sp³-hybridized carbons (Fsp3) is 0.481. The summed E-state index contributed by atoms with van der Waals surface area (Å²) in [6.07, 6.45) is -0.751. The van der Waals surface area contributed by atoms with Gasteiger partial charge in [-0.25, -0.2) is 0 Å². The molecule has 2 aromatic carbocycles. The van der Waals surface area contributed by atoms with Gasteiger partial charge in [-0.15, -0.1) is 0 Å². The van der Waals surface area contributed by atoms with Crippen LogP contribution in [0.3, 0.4) is 0 Å².